The summed E-state index contributed by atoms with van der Waals surface area (Å²) in [5.41, 5.74) is 0. The Kier molecular flexibility index (Phi) is 3.31. The Hall–Kier alpha value is -0.780. The molecule has 0 aromatic carbocycles. The number of alkyl halides is 3. The molecule has 1 unspecified atom stereocenters. The van der Waals surface area contributed by atoms with Crippen molar-refractivity contribution in [2.24, 2.45) is 0 Å². The quantitative estimate of drug-likeness (QED) is 0.589. The Morgan fingerprint density at radius 1 is 1.45 bits per heavy atom. The van der Waals surface area contributed by atoms with Crippen molar-refractivity contribution in [3.8, 4) is 0 Å². The summed E-state index contributed by atoms with van der Waals surface area (Å²) in [7, 11) is 1.40. The first-order valence-electron chi connectivity index (χ1n) is 2.60. The third-order valence-electron chi connectivity index (χ3n) is 0.975. The van der Waals surface area contributed by atoms with E-state index < -0.39 is 18.2 Å². The SMILES string of the molecule is COC(=O)C(F)C(F)(F)OC. The Balaban J connectivity index is 4.22. The van der Waals surface area contributed by atoms with Gasteiger partial charge in [0.2, 0.25) is 0 Å². The van der Waals surface area contributed by atoms with E-state index in [4.69, 9.17) is 0 Å². The molecule has 6 heteroatoms. The van der Waals surface area contributed by atoms with Crippen LogP contribution in [0.5, 0.6) is 0 Å². The molecule has 66 valence electrons. The molecule has 0 spiro atoms. The summed E-state index contributed by atoms with van der Waals surface area (Å²) in [6, 6.07) is 0. The van der Waals surface area contributed by atoms with Crippen molar-refractivity contribution in [3.63, 3.8) is 0 Å². The molecule has 1 atom stereocenters. The third kappa shape index (κ3) is 2.38. The Bertz CT molecular complexity index is 148. The van der Waals surface area contributed by atoms with Crippen LogP contribution in [0.25, 0.3) is 0 Å². The second-order valence-electron chi connectivity index (χ2n) is 1.65. The van der Waals surface area contributed by atoms with E-state index in [0.29, 0.717) is 7.11 Å². The van der Waals surface area contributed by atoms with E-state index in [0.717, 1.165) is 7.11 Å². The molecule has 0 aliphatic rings. The predicted molar refractivity (Wildman–Crippen MR) is 28.9 cm³/mol. The number of methoxy groups -OCH3 is 2. The molecule has 0 bridgehead atoms. The van der Waals surface area contributed by atoms with Crippen LogP contribution in [0.2, 0.25) is 0 Å². The molecule has 0 aliphatic heterocycles. The lowest BCUT2D eigenvalue weighted by Gasteiger charge is -2.15. The van der Waals surface area contributed by atoms with Crippen LogP contribution in [-0.2, 0) is 14.3 Å². The average Bonchev–Trinajstić information content (AvgIpc) is 2.01. The smallest absolute Gasteiger partial charge is 0.397 e. The van der Waals surface area contributed by atoms with Crippen LogP contribution < -0.4 is 0 Å². The highest BCUT2D eigenvalue weighted by Gasteiger charge is 2.46. The second kappa shape index (κ2) is 3.56. The van der Waals surface area contributed by atoms with Gasteiger partial charge in [-0.1, -0.05) is 0 Å². The molecule has 0 heterocycles. The summed E-state index contributed by atoms with van der Waals surface area (Å²) in [5, 5.41) is 0. The molecule has 0 radical (unpaired) electrons. The van der Waals surface area contributed by atoms with Crippen molar-refractivity contribution in [3.05, 3.63) is 0 Å². The molecule has 0 amide bonds. The fourth-order valence-corrected chi connectivity index (χ4v) is 0.344. The minimum Gasteiger partial charge on any atom is -0.467 e. The van der Waals surface area contributed by atoms with Crippen LogP contribution in [0.4, 0.5) is 13.2 Å². The molecular formula is C5H7F3O3. The van der Waals surface area contributed by atoms with Crippen molar-refractivity contribution in [1.29, 1.82) is 0 Å². The summed E-state index contributed by atoms with van der Waals surface area (Å²) < 4.78 is 43.5. The van der Waals surface area contributed by atoms with Gasteiger partial charge in [-0.15, -0.1) is 0 Å². The molecule has 0 fully saturated rings. The molecule has 0 aromatic rings. The fourth-order valence-electron chi connectivity index (χ4n) is 0.344. The van der Waals surface area contributed by atoms with Gasteiger partial charge in [-0.3, -0.25) is 0 Å². The predicted octanol–water partition coefficient (Wildman–Crippen LogP) is 0.737. The Morgan fingerprint density at radius 2 is 1.91 bits per heavy atom. The first-order chi connectivity index (χ1) is 4.95. The molecule has 0 N–H and O–H groups in total. The zero-order valence-electron chi connectivity index (χ0n) is 5.94. The van der Waals surface area contributed by atoms with Crippen LogP contribution in [0.15, 0.2) is 0 Å². The monoisotopic (exact) mass is 172 g/mol. The normalized spacial score (nSPS) is 14.3. The Morgan fingerprint density at radius 3 is 2.18 bits per heavy atom. The summed E-state index contributed by atoms with van der Waals surface area (Å²) in [6.07, 6.45) is -7.19. The topological polar surface area (TPSA) is 35.5 Å². The summed E-state index contributed by atoms with van der Waals surface area (Å²) in [6.45, 7) is 0. The number of hydrogen-bond donors (Lipinski definition) is 0. The number of esters is 1. The van der Waals surface area contributed by atoms with Crippen molar-refractivity contribution >= 4 is 5.97 Å². The van der Waals surface area contributed by atoms with Gasteiger partial charge < -0.3 is 9.47 Å². The molecule has 0 aromatic heterocycles. The maximum absolute atomic E-state index is 12.2. The van der Waals surface area contributed by atoms with Gasteiger partial charge in [0.25, 0.3) is 6.17 Å². The maximum atomic E-state index is 12.2. The number of carbonyl (C=O) groups is 1. The molecular weight excluding hydrogens is 165 g/mol. The lowest BCUT2D eigenvalue weighted by atomic mass is 10.4. The van der Waals surface area contributed by atoms with Gasteiger partial charge in [0.05, 0.1) is 7.11 Å². The van der Waals surface area contributed by atoms with E-state index in [1.165, 1.54) is 0 Å². The molecule has 0 saturated carbocycles. The first kappa shape index (κ1) is 10.2. The Labute approximate surface area is 61.1 Å². The van der Waals surface area contributed by atoms with E-state index in [2.05, 4.69) is 9.47 Å². The van der Waals surface area contributed by atoms with Crippen LogP contribution in [0.1, 0.15) is 0 Å². The van der Waals surface area contributed by atoms with Crippen LogP contribution >= 0.6 is 0 Å². The van der Waals surface area contributed by atoms with Gasteiger partial charge in [-0.05, 0) is 0 Å². The van der Waals surface area contributed by atoms with Crippen molar-refractivity contribution < 1.29 is 27.4 Å². The van der Waals surface area contributed by atoms with Gasteiger partial charge in [-0.2, -0.15) is 8.78 Å². The van der Waals surface area contributed by atoms with Gasteiger partial charge in [0.15, 0.2) is 0 Å². The standard InChI is InChI=1S/C5H7F3O3/c1-10-4(9)3(6)5(7,8)11-2/h3H,1-2H3. The molecule has 11 heavy (non-hydrogen) atoms. The highest BCUT2D eigenvalue weighted by molar-refractivity contribution is 5.75. The van der Waals surface area contributed by atoms with Crippen molar-refractivity contribution in [2.75, 3.05) is 14.2 Å². The summed E-state index contributed by atoms with van der Waals surface area (Å²) >= 11 is 0. The lowest BCUT2D eigenvalue weighted by molar-refractivity contribution is -0.259. The third-order valence-corrected chi connectivity index (χ3v) is 0.975. The minimum absolute atomic E-state index is 0.593. The first-order valence-corrected chi connectivity index (χ1v) is 2.60. The van der Waals surface area contributed by atoms with Gasteiger partial charge >= 0.3 is 12.1 Å². The van der Waals surface area contributed by atoms with Crippen molar-refractivity contribution in [1.82, 2.24) is 0 Å². The zero-order chi connectivity index (χ0) is 9.07. The van der Waals surface area contributed by atoms with Gasteiger partial charge in [-0.25, -0.2) is 9.18 Å². The summed E-state index contributed by atoms with van der Waals surface area (Å²) in [4.78, 5) is 10.2. The van der Waals surface area contributed by atoms with E-state index in [1.807, 2.05) is 0 Å². The van der Waals surface area contributed by atoms with Crippen LogP contribution in [-0.4, -0.2) is 32.5 Å². The zero-order valence-corrected chi connectivity index (χ0v) is 5.94. The minimum atomic E-state index is -4.12. The van der Waals surface area contributed by atoms with Crippen molar-refractivity contribution in [2.45, 2.75) is 12.3 Å². The molecule has 0 saturated heterocycles. The number of halogens is 3. The lowest BCUT2D eigenvalue weighted by Crippen LogP contribution is -2.38. The number of carbonyl (C=O) groups excluding carboxylic acids is 1. The maximum Gasteiger partial charge on any atom is 0.397 e. The number of rotatable bonds is 3. The summed E-state index contributed by atoms with van der Waals surface area (Å²) in [5.74, 6) is -1.66. The number of ether oxygens (including phenoxy) is 2. The van der Waals surface area contributed by atoms with Crippen LogP contribution in [0, 0.1) is 0 Å². The number of hydrogen-bond acceptors (Lipinski definition) is 3. The molecule has 0 aliphatic carbocycles. The van der Waals surface area contributed by atoms with Gasteiger partial charge in [0, 0.05) is 7.11 Å². The highest BCUT2D eigenvalue weighted by atomic mass is 19.3. The van der Waals surface area contributed by atoms with E-state index in [-0.39, 0.29) is 0 Å². The van der Waals surface area contributed by atoms with Crippen LogP contribution in [0.3, 0.4) is 0 Å². The van der Waals surface area contributed by atoms with E-state index in [9.17, 15) is 18.0 Å². The largest absolute Gasteiger partial charge is 0.467 e. The molecule has 0 rings (SSSR count). The molecule has 3 nitrogen and oxygen atoms in total. The fraction of sp³-hybridized carbons (Fsp3) is 0.800. The van der Waals surface area contributed by atoms with E-state index in [1.54, 1.807) is 0 Å². The second-order valence-corrected chi connectivity index (χ2v) is 1.65. The average molecular weight is 172 g/mol. The van der Waals surface area contributed by atoms with Gasteiger partial charge in [0.1, 0.15) is 0 Å². The highest BCUT2D eigenvalue weighted by Crippen LogP contribution is 2.22. The van der Waals surface area contributed by atoms with E-state index >= 15 is 0 Å².